The Hall–Kier alpha value is -1.23. The first-order valence-electron chi connectivity index (χ1n) is 6.29. The first kappa shape index (κ1) is 18.8. The van der Waals surface area contributed by atoms with Crippen LogP contribution < -0.4 is 10.5 Å². The summed E-state index contributed by atoms with van der Waals surface area (Å²) in [5.41, 5.74) is 5.40. The molecule has 10 heteroatoms. The predicted octanol–water partition coefficient (Wildman–Crippen LogP) is 1.64. The zero-order valence-corrected chi connectivity index (χ0v) is 15.1. The number of ether oxygens (including phenoxy) is 1. The summed E-state index contributed by atoms with van der Waals surface area (Å²) in [7, 11) is -1.43. The molecule has 1 aromatic rings. The lowest BCUT2D eigenvalue weighted by Crippen LogP contribution is -2.39. The maximum atomic E-state index is 12.7. The molecule has 0 fully saturated rings. The maximum absolute atomic E-state index is 12.7. The van der Waals surface area contributed by atoms with E-state index in [1.54, 1.807) is 6.92 Å². The molecular formula is C12H18BrN3O5S. The number of benzene rings is 1. The second-order valence-corrected chi connectivity index (χ2v) is 7.55. The molecule has 0 spiro atoms. The average Bonchev–Trinajstić information content (AvgIpc) is 2.46. The molecule has 124 valence electrons. The van der Waals surface area contributed by atoms with Gasteiger partial charge in [-0.05, 0) is 19.9 Å². The van der Waals surface area contributed by atoms with Gasteiger partial charge in [-0.15, -0.1) is 0 Å². The third kappa shape index (κ3) is 3.24. The molecule has 0 saturated carbocycles. The summed E-state index contributed by atoms with van der Waals surface area (Å²) in [6, 6.07) is 0.838. The molecule has 1 unspecified atom stereocenters. The summed E-state index contributed by atoms with van der Waals surface area (Å²) in [4.78, 5) is 10.3. The summed E-state index contributed by atoms with van der Waals surface area (Å²) >= 11 is 3.16. The van der Waals surface area contributed by atoms with Crippen molar-refractivity contribution >= 4 is 31.6 Å². The fraction of sp³-hybridized carbons (Fsp3) is 0.500. The van der Waals surface area contributed by atoms with Crippen molar-refractivity contribution in [3.8, 4) is 5.75 Å². The van der Waals surface area contributed by atoms with Gasteiger partial charge >= 0.3 is 5.69 Å². The number of nitro benzene ring substituents is 1. The smallest absolute Gasteiger partial charge is 0.316 e. The molecule has 0 aliphatic carbocycles. The van der Waals surface area contributed by atoms with E-state index in [-0.39, 0.29) is 28.4 Å². The van der Waals surface area contributed by atoms with Crippen LogP contribution in [0.1, 0.15) is 12.5 Å². The molecule has 1 aromatic carbocycles. The molecule has 0 saturated heterocycles. The number of nitrogens with two attached hydrogens (primary N) is 1. The summed E-state index contributed by atoms with van der Waals surface area (Å²) in [6.45, 7) is 3.27. The van der Waals surface area contributed by atoms with E-state index >= 15 is 0 Å². The van der Waals surface area contributed by atoms with Gasteiger partial charge in [-0.25, -0.2) is 8.42 Å². The first-order chi connectivity index (χ1) is 10.1. The lowest BCUT2D eigenvalue weighted by atomic mass is 10.2. The highest BCUT2D eigenvalue weighted by Crippen LogP contribution is 2.41. The fourth-order valence-corrected chi connectivity index (χ4v) is 3.96. The zero-order valence-electron chi connectivity index (χ0n) is 12.7. The summed E-state index contributed by atoms with van der Waals surface area (Å²) in [5, 5.41) is 11.3. The van der Waals surface area contributed by atoms with E-state index < -0.39 is 21.0 Å². The van der Waals surface area contributed by atoms with Gasteiger partial charge in [0, 0.05) is 29.7 Å². The van der Waals surface area contributed by atoms with Crippen LogP contribution in [-0.2, 0) is 10.0 Å². The largest absolute Gasteiger partial charge is 0.489 e. The number of halogens is 1. The average molecular weight is 396 g/mol. The zero-order chi connectivity index (χ0) is 17.2. The van der Waals surface area contributed by atoms with Gasteiger partial charge in [0.2, 0.25) is 15.8 Å². The third-order valence-corrected chi connectivity index (χ3v) is 6.22. The number of methoxy groups -OCH3 is 1. The molecule has 0 radical (unpaired) electrons. The SMILES string of the molecule is COc1c(S(=O)(=O)N(C)C(C)CN)cc(Br)c(C)c1[N+](=O)[O-]. The third-order valence-electron chi connectivity index (χ3n) is 3.42. The molecule has 0 aliphatic heterocycles. The standard InChI is InChI=1S/C12H18BrN3O5S/c1-7(6-14)15(3)22(19,20)10-5-9(13)8(2)11(16(17)18)12(10)21-4/h5,7H,6,14H2,1-4H3. The van der Waals surface area contributed by atoms with Gasteiger partial charge < -0.3 is 10.5 Å². The van der Waals surface area contributed by atoms with E-state index in [1.165, 1.54) is 27.1 Å². The van der Waals surface area contributed by atoms with Crippen molar-refractivity contribution in [3.05, 3.63) is 26.2 Å². The number of hydrogen-bond acceptors (Lipinski definition) is 6. The predicted molar refractivity (Wildman–Crippen MR) is 85.6 cm³/mol. The van der Waals surface area contributed by atoms with Crippen LogP contribution in [-0.4, -0.2) is 44.4 Å². The van der Waals surface area contributed by atoms with Crippen LogP contribution in [0.2, 0.25) is 0 Å². The lowest BCUT2D eigenvalue weighted by Gasteiger charge is -2.24. The molecule has 1 atom stereocenters. The van der Waals surface area contributed by atoms with Gasteiger partial charge in [0.05, 0.1) is 12.0 Å². The van der Waals surface area contributed by atoms with Crippen LogP contribution >= 0.6 is 15.9 Å². The Labute approximate surface area is 137 Å². The highest BCUT2D eigenvalue weighted by atomic mass is 79.9. The van der Waals surface area contributed by atoms with Gasteiger partial charge in [-0.3, -0.25) is 10.1 Å². The van der Waals surface area contributed by atoms with Gasteiger partial charge in [-0.2, -0.15) is 4.31 Å². The summed E-state index contributed by atoms with van der Waals surface area (Å²) in [6.07, 6.45) is 0. The first-order valence-corrected chi connectivity index (χ1v) is 8.52. The lowest BCUT2D eigenvalue weighted by molar-refractivity contribution is -0.386. The van der Waals surface area contributed by atoms with Crippen LogP contribution in [0.3, 0.4) is 0 Å². The Kier molecular flexibility index (Phi) is 5.90. The number of likely N-dealkylation sites (N-methyl/N-ethyl adjacent to an activating group) is 1. The van der Waals surface area contributed by atoms with Crippen LogP contribution in [0.15, 0.2) is 15.4 Å². The van der Waals surface area contributed by atoms with Crippen LogP contribution in [0.4, 0.5) is 5.69 Å². The van der Waals surface area contributed by atoms with Crippen LogP contribution in [0.5, 0.6) is 5.75 Å². The number of nitro groups is 1. The van der Waals surface area contributed by atoms with Gasteiger partial charge in [0.25, 0.3) is 0 Å². The van der Waals surface area contributed by atoms with Crippen molar-refractivity contribution in [2.45, 2.75) is 24.8 Å². The normalized spacial score (nSPS) is 13.2. The van der Waals surface area contributed by atoms with Gasteiger partial charge in [0.1, 0.15) is 4.90 Å². The maximum Gasteiger partial charge on any atom is 0.316 e. The molecule has 0 amide bonds. The Bertz CT molecular complexity index is 692. The molecule has 0 aromatic heterocycles. The molecule has 0 heterocycles. The Morgan fingerprint density at radius 1 is 1.55 bits per heavy atom. The van der Waals surface area contributed by atoms with Crippen LogP contribution in [0.25, 0.3) is 0 Å². The van der Waals surface area contributed by atoms with Gasteiger partial charge in [0.15, 0.2) is 0 Å². The molecule has 0 bridgehead atoms. The minimum absolute atomic E-state index is 0.118. The number of rotatable bonds is 6. The molecular weight excluding hydrogens is 378 g/mol. The van der Waals surface area contributed by atoms with E-state index in [0.717, 1.165) is 4.31 Å². The van der Waals surface area contributed by atoms with Crippen molar-refractivity contribution in [3.63, 3.8) is 0 Å². The quantitative estimate of drug-likeness (QED) is 0.577. The van der Waals surface area contributed by atoms with E-state index in [1.807, 2.05) is 0 Å². The topological polar surface area (TPSA) is 116 Å². The van der Waals surface area contributed by atoms with Crippen molar-refractivity contribution in [2.75, 3.05) is 20.7 Å². The Morgan fingerprint density at radius 3 is 2.50 bits per heavy atom. The highest BCUT2D eigenvalue weighted by Gasteiger charge is 2.34. The van der Waals surface area contributed by atoms with E-state index in [0.29, 0.717) is 4.47 Å². The van der Waals surface area contributed by atoms with E-state index in [2.05, 4.69) is 15.9 Å². The van der Waals surface area contributed by atoms with Crippen molar-refractivity contribution in [1.29, 1.82) is 0 Å². The van der Waals surface area contributed by atoms with Crippen molar-refractivity contribution in [1.82, 2.24) is 4.31 Å². The molecule has 1 rings (SSSR count). The Balaban J connectivity index is 3.71. The number of nitrogens with zero attached hydrogens (tertiary/aromatic N) is 2. The van der Waals surface area contributed by atoms with Crippen LogP contribution in [0, 0.1) is 17.0 Å². The second-order valence-electron chi connectivity index (χ2n) is 4.73. The van der Waals surface area contributed by atoms with Crippen molar-refractivity contribution < 1.29 is 18.1 Å². The number of sulfonamides is 1. The molecule has 2 N–H and O–H groups in total. The molecule has 0 aliphatic rings. The monoisotopic (exact) mass is 395 g/mol. The fourth-order valence-electron chi connectivity index (χ4n) is 1.84. The van der Waals surface area contributed by atoms with Gasteiger partial charge in [-0.1, -0.05) is 15.9 Å². The minimum atomic E-state index is -3.99. The highest BCUT2D eigenvalue weighted by molar-refractivity contribution is 9.10. The minimum Gasteiger partial charge on any atom is -0.489 e. The van der Waals surface area contributed by atoms with E-state index in [9.17, 15) is 18.5 Å². The van der Waals surface area contributed by atoms with Crippen molar-refractivity contribution in [2.24, 2.45) is 5.73 Å². The molecule has 22 heavy (non-hydrogen) atoms. The summed E-state index contributed by atoms with van der Waals surface area (Å²) < 4.78 is 31.8. The van der Waals surface area contributed by atoms with E-state index in [4.69, 9.17) is 10.5 Å². The Morgan fingerprint density at radius 2 is 2.09 bits per heavy atom. The second kappa shape index (κ2) is 6.90. The molecule has 8 nitrogen and oxygen atoms in total. The summed E-state index contributed by atoms with van der Waals surface area (Å²) in [5.74, 6) is -0.290. The number of hydrogen-bond donors (Lipinski definition) is 1.